The van der Waals surface area contributed by atoms with Crippen LogP contribution in [0.2, 0.25) is 0 Å². The molecule has 5 N–H and O–H groups in total. The fourth-order valence-electron chi connectivity index (χ4n) is 3.59. The van der Waals surface area contributed by atoms with Gasteiger partial charge in [0.15, 0.2) is 0 Å². The molecular formula is C25H50NO9P. The second kappa shape index (κ2) is 23.1. The van der Waals surface area contributed by atoms with E-state index in [2.05, 4.69) is 16.0 Å². The monoisotopic (exact) mass is 539 g/mol. The topological polar surface area (TPSA) is 166 Å². The molecule has 0 heterocycles. The number of esters is 1. The first-order valence-electron chi connectivity index (χ1n) is 13.6. The van der Waals surface area contributed by atoms with Gasteiger partial charge in [0.25, 0.3) is 0 Å². The molecule has 0 fully saturated rings. The lowest BCUT2D eigenvalue weighted by atomic mass is 10.0. The molecule has 0 aliphatic rings. The standard InChI is InChI=1S/C25H50NO9P/c1-2-3-4-5-6-7-8-9-10-11-12-13-14-15-16-17-18-24(28)33-19-22(27)20-34-36(31,32)35-21-23(26)25(29)30/h22-23,27H,2-21,26H2,1H3,(H,29,30)(H,31,32)/t22-,23+/m1/s1. The van der Waals surface area contributed by atoms with Crippen molar-refractivity contribution in [3.63, 3.8) is 0 Å². The van der Waals surface area contributed by atoms with E-state index < -0.39 is 45.1 Å². The summed E-state index contributed by atoms with van der Waals surface area (Å²) >= 11 is 0. The molecule has 0 amide bonds. The molecule has 0 bridgehead atoms. The molecule has 0 aliphatic heterocycles. The number of rotatable bonds is 26. The average molecular weight is 540 g/mol. The van der Waals surface area contributed by atoms with Crippen LogP contribution in [0.25, 0.3) is 0 Å². The van der Waals surface area contributed by atoms with E-state index in [0.717, 1.165) is 12.8 Å². The smallest absolute Gasteiger partial charge is 0.472 e. The number of aliphatic hydroxyl groups is 1. The van der Waals surface area contributed by atoms with E-state index in [-0.39, 0.29) is 13.0 Å². The number of aliphatic hydroxyl groups excluding tert-OH is 1. The van der Waals surface area contributed by atoms with Gasteiger partial charge < -0.3 is 25.6 Å². The molecule has 0 aromatic rings. The number of hydrogen-bond donors (Lipinski definition) is 4. The number of phosphoric ester groups is 1. The van der Waals surface area contributed by atoms with E-state index in [9.17, 15) is 24.2 Å². The Labute approximate surface area is 216 Å². The molecular weight excluding hydrogens is 489 g/mol. The zero-order valence-electron chi connectivity index (χ0n) is 22.1. The van der Waals surface area contributed by atoms with Gasteiger partial charge in [-0.2, -0.15) is 0 Å². The first kappa shape index (κ1) is 35.0. The van der Waals surface area contributed by atoms with Crippen molar-refractivity contribution in [3.8, 4) is 0 Å². The zero-order valence-corrected chi connectivity index (χ0v) is 23.0. The predicted octanol–water partition coefficient (Wildman–Crippen LogP) is 5.09. The highest BCUT2D eigenvalue weighted by molar-refractivity contribution is 7.47. The van der Waals surface area contributed by atoms with E-state index >= 15 is 0 Å². The van der Waals surface area contributed by atoms with Crippen LogP contribution in [0.15, 0.2) is 0 Å². The zero-order chi connectivity index (χ0) is 27.1. The quantitative estimate of drug-likeness (QED) is 0.0661. The minimum absolute atomic E-state index is 0.251. The first-order chi connectivity index (χ1) is 17.2. The van der Waals surface area contributed by atoms with Crippen molar-refractivity contribution in [2.24, 2.45) is 5.73 Å². The maximum absolute atomic E-state index is 11.8. The van der Waals surface area contributed by atoms with Gasteiger partial charge in [-0.15, -0.1) is 0 Å². The van der Waals surface area contributed by atoms with E-state index in [1.165, 1.54) is 83.5 Å². The number of ether oxygens (including phenoxy) is 1. The molecule has 0 radical (unpaired) electrons. The van der Waals surface area contributed by atoms with Crippen LogP contribution < -0.4 is 5.73 Å². The molecule has 0 spiro atoms. The Morgan fingerprint density at radius 3 is 1.61 bits per heavy atom. The Hall–Kier alpha value is -1.03. The Bertz CT molecular complexity index is 606. The van der Waals surface area contributed by atoms with Crippen LogP contribution in [0.4, 0.5) is 0 Å². The molecule has 0 rings (SSSR count). The lowest BCUT2D eigenvalue weighted by Gasteiger charge is -2.16. The first-order valence-corrected chi connectivity index (χ1v) is 15.1. The van der Waals surface area contributed by atoms with Gasteiger partial charge in [-0.3, -0.25) is 18.6 Å². The molecule has 0 saturated carbocycles. The van der Waals surface area contributed by atoms with E-state index in [4.69, 9.17) is 15.6 Å². The van der Waals surface area contributed by atoms with Crippen LogP contribution in [-0.4, -0.2) is 59.0 Å². The number of carbonyl (C=O) groups is 2. The van der Waals surface area contributed by atoms with E-state index in [1.807, 2.05) is 0 Å². The van der Waals surface area contributed by atoms with Gasteiger partial charge in [-0.1, -0.05) is 103 Å². The molecule has 11 heteroatoms. The third-order valence-electron chi connectivity index (χ3n) is 5.84. The molecule has 0 aromatic carbocycles. The highest BCUT2D eigenvalue weighted by Gasteiger charge is 2.26. The summed E-state index contributed by atoms with van der Waals surface area (Å²) in [7, 11) is -4.58. The number of carboxylic acid groups (broad SMARTS) is 1. The lowest BCUT2D eigenvalue weighted by molar-refractivity contribution is -0.147. The average Bonchev–Trinajstić information content (AvgIpc) is 2.84. The van der Waals surface area contributed by atoms with Crippen molar-refractivity contribution >= 4 is 19.8 Å². The van der Waals surface area contributed by atoms with Crippen molar-refractivity contribution in [2.75, 3.05) is 19.8 Å². The summed E-state index contributed by atoms with van der Waals surface area (Å²) in [6.07, 6.45) is 18.9. The van der Waals surface area contributed by atoms with Crippen LogP contribution in [0.3, 0.4) is 0 Å². The minimum atomic E-state index is -4.58. The largest absolute Gasteiger partial charge is 0.480 e. The summed E-state index contributed by atoms with van der Waals surface area (Å²) in [6.45, 7) is 0.515. The van der Waals surface area contributed by atoms with Gasteiger partial charge in [0, 0.05) is 6.42 Å². The van der Waals surface area contributed by atoms with Crippen molar-refractivity contribution in [3.05, 3.63) is 0 Å². The summed E-state index contributed by atoms with van der Waals surface area (Å²) in [6, 6.07) is -1.48. The molecule has 1 unspecified atom stereocenters. The van der Waals surface area contributed by atoms with Crippen LogP contribution in [0, 0.1) is 0 Å². The number of nitrogens with two attached hydrogens (primary N) is 1. The van der Waals surface area contributed by atoms with Crippen LogP contribution >= 0.6 is 7.82 Å². The molecule has 10 nitrogen and oxygen atoms in total. The number of carboxylic acids is 1. The number of unbranched alkanes of at least 4 members (excludes halogenated alkanes) is 15. The number of carbonyl (C=O) groups excluding carboxylic acids is 1. The molecule has 0 aliphatic carbocycles. The third kappa shape index (κ3) is 23.4. The number of phosphoric acid groups is 1. The Morgan fingerprint density at radius 1 is 0.750 bits per heavy atom. The molecule has 0 aromatic heterocycles. The third-order valence-corrected chi connectivity index (χ3v) is 6.79. The highest BCUT2D eigenvalue weighted by atomic mass is 31.2. The normalized spacial score (nSPS) is 14.8. The van der Waals surface area contributed by atoms with E-state index in [0.29, 0.717) is 6.42 Å². The van der Waals surface area contributed by atoms with Crippen LogP contribution in [-0.2, 0) is 27.9 Å². The predicted molar refractivity (Wildman–Crippen MR) is 138 cm³/mol. The molecule has 3 atom stereocenters. The highest BCUT2D eigenvalue weighted by Crippen LogP contribution is 2.43. The van der Waals surface area contributed by atoms with Gasteiger partial charge >= 0.3 is 19.8 Å². The van der Waals surface area contributed by atoms with Gasteiger partial charge in [-0.05, 0) is 6.42 Å². The van der Waals surface area contributed by atoms with Gasteiger partial charge in [0.05, 0.1) is 13.2 Å². The Kier molecular flexibility index (Phi) is 22.5. The van der Waals surface area contributed by atoms with Crippen molar-refractivity contribution in [1.82, 2.24) is 0 Å². The maximum atomic E-state index is 11.8. The second-order valence-electron chi connectivity index (χ2n) is 9.39. The van der Waals surface area contributed by atoms with Gasteiger partial charge in [0.2, 0.25) is 0 Å². The number of aliphatic carboxylic acids is 1. The fourth-order valence-corrected chi connectivity index (χ4v) is 4.37. The Morgan fingerprint density at radius 2 is 1.17 bits per heavy atom. The van der Waals surface area contributed by atoms with Crippen molar-refractivity contribution in [1.29, 1.82) is 0 Å². The summed E-state index contributed by atoms with van der Waals surface area (Å²) in [4.78, 5) is 31.7. The summed E-state index contributed by atoms with van der Waals surface area (Å²) in [5, 5.41) is 18.3. The van der Waals surface area contributed by atoms with Gasteiger partial charge in [0.1, 0.15) is 18.8 Å². The van der Waals surface area contributed by atoms with Crippen molar-refractivity contribution in [2.45, 2.75) is 128 Å². The molecule has 214 valence electrons. The van der Waals surface area contributed by atoms with E-state index in [1.54, 1.807) is 0 Å². The van der Waals surface area contributed by atoms with Crippen LogP contribution in [0.5, 0.6) is 0 Å². The lowest BCUT2D eigenvalue weighted by Crippen LogP contribution is -2.34. The maximum Gasteiger partial charge on any atom is 0.472 e. The fraction of sp³-hybridized carbons (Fsp3) is 0.920. The molecule has 36 heavy (non-hydrogen) atoms. The SMILES string of the molecule is CCCCCCCCCCCCCCCCCCC(=O)OC[C@@H](O)COP(=O)(O)OC[C@H](N)C(=O)O. The summed E-state index contributed by atoms with van der Waals surface area (Å²) in [5.41, 5.74) is 5.16. The molecule has 0 saturated heterocycles. The second-order valence-corrected chi connectivity index (χ2v) is 10.8. The summed E-state index contributed by atoms with van der Waals surface area (Å²) < 4.78 is 25.5. The van der Waals surface area contributed by atoms with Crippen molar-refractivity contribution < 1.29 is 43.0 Å². The Balaban J connectivity index is 3.53. The minimum Gasteiger partial charge on any atom is -0.480 e. The number of hydrogen-bond acceptors (Lipinski definition) is 8. The van der Waals surface area contributed by atoms with Gasteiger partial charge in [-0.25, -0.2) is 4.57 Å². The summed E-state index contributed by atoms with van der Waals surface area (Å²) in [5.74, 6) is -1.85. The van der Waals surface area contributed by atoms with Crippen LogP contribution in [0.1, 0.15) is 116 Å².